The molecular weight excluding hydrogens is 442 g/mol. The minimum Gasteiger partial charge on any atom is -0.440 e. The van der Waals surface area contributed by atoms with Crippen LogP contribution in [0.15, 0.2) is 0 Å². The molecule has 0 aromatic heterocycles. The number of nitrogens with one attached hydrogen (secondary N) is 2. The number of rotatable bonds is 14. The molecule has 0 bridgehead atoms. The third-order valence-corrected chi connectivity index (χ3v) is 6.48. The summed E-state index contributed by atoms with van der Waals surface area (Å²) in [7, 11) is 1.54. The Hall–Kier alpha value is -1.01. The number of fused-ring (bicyclic) bond motifs is 1. The van der Waals surface area contributed by atoms with Crippen molar-refractivity contribution < 1.29 is 33.2 Å². The molecule has 2 N–H and O–H groups in total. The zero-order valence-corrected chi connectivity index (χ0v) is 21.4. The molecule has 0 aliphatic carbocycles. The van der Waals surface area contributed by atoms with Crippen molar-refractivity contribution >= 4 is 6.09 Å². The summed E-state index contributed by atoms with van der Waals surface area (Å²) in [4.78, 5) is 14.5. The normalized spacial score (nSPS) is 30.9. The van der Waals surface area contributed by atoms with Gasteiger partial charge in [-0.3, -0.25) is 4.90 Å². The average Bonchev–Trinajstić information content (AvgIpc) is 3.23. The fraction of sp³-hybridized carbons (Fsp3) is 0.958. The minimum atomic E-state index is -1.11. The predicted octanol–water partition coefficient (Wildman–Crippen LogP) is 1.87. The summed E-state index contributed by atoms with van der Waals surface area (Å²) in [5, 5.41) is 5.98. The monoisotopic (exact) mass is 487 g/mol. The molecule has 0 radical (unpaired) electrons. The van der Waals surface area contributed by atoms with Gasteiger partial charge in [0.1, 0.15) is 12.7 Å². The Morgan fingerprint density at radius 1 is 1.12 bits per heavy atom. The molecule has 4 atom stereocenters. The molecule has 3 aliphatic heterocycles. The molecule has 10 nitrogen and oxygen atoms in total. The Bertz CT molecular complexity index is 617. The number of carbonyl (C=O) groups excluding carboxylic acids is 1. The Labute approximate surface area is 204 Å². The van der Waals surface area contributed by atoms with Crippen LogP contribution in [0.2, 0.25) is 0 Å². The predicted molar refractivity (Wildman–Crippen MR) is 127 cm³/mol. The third-order valence-electron chi connectivity index (χ3n) is 6.48. The molecule has 3 rings (SSSR count). The first-order valence-corrected chi connectivity index (χ1v) is 12.9. The van der Waals surface area contributed by atoms with Crippen molar-refractivity contribution in [3.8, 4) is 0 Å². The van der Waals surface area contributed by atoms with Crippen LogP contribution in [0, 0.1) is 0 Å². The van der Waals surface area contributed by atoms with Crippen LogP contribution in [0.4, 0.5) is 4.79 Å². The average molecular weight is 488 g/mol. The quantitative estimate of drug-likeness (QED) is 0.356. The molecule has 3 saturated heterocycles. The molecule has 0 aromatic carbocycles. The first-order chi connectivity index (χ1) is 16.4. The van der Waals surface area contributed by atoms with E-state index in [1.54, 1.807) is 7.05 Å². The van der Waals surface area contributed by atoms with Crippen molar-refractivity contribution in [1.29, 1.82) is 0 Å². The zero-order chi connectivity index (χ0) is 24.4. The second-order valence-electron chi connectivity index (χ2n) is 9.75. The van der Waals surface area contributed by atoms with Gasteiger partial charge in [0.05, 0.1) is 13.2 Å². The van der Waals surface area contributed by atoms with Crippen molar-refractivity contribution in [2.75, 3.05) is 66.2 Å². The maximum absolute atomic E-state index is 12.1. The van der Waals surface area contributed by atoms with E-state index in [0.717, 1.165) is 52.2 Å². The standard InChI is InChI=1S/C24H45N3O7/c1-5-6-7-8-9-14-30-18-24-21(33-23(2,3)34-24)20(31-22(28)25-4)19(32-24)17-26-10-11-27-12-15-29-16-13-27/h19-21,26H,5-18H2,1-4H3,(H,25,28)/t19-,20+,21-,24-/m0/s1. The highest BCUT2D eigenvalue weighted by Crippen LogP contribution is 2.46. The van der Waals surface area contributed by atoms with Crippen molar-refractivity contribution in [2.45, 2.75) is 82.8 Å². The molecule has 3 fully saturated rings. The number of morpholine rings is 1. The van der Waals surface area contributed by atoms with E-state index in [4.69, 9.17) is 28.4 Å². The number of hydrogen-bond donors (Lipinski definition) is 2. The molecule has 3 heterocycles. The number of ether oxygens (including phenoxy) is 6. The summed E-state index contributed by atoms with van der Waals surface area (Å²) in [5.41, 5.74) is 0. The molecule has 0 saturated carbocycles. The van der Waals surface area contributed by atoms with Gasteiger partial charge in [0.15, 0.2) is 18.0 Å². The smallest absolute Gasteiger partial charge is 0.407 e. The van der Waals surface area contributed by atoms with Crippen molar-refractivity contribution in [1.82, 2.24) is 15.5 Å². The van der Waals surface area contributed by atoms with E-state index in [1.807, 2.05) is 13.8 Å². The lowest BCUT2D eigenvalue weighted by molar-refractivity contribution is -0.277. The van der Waals surface area contributed by atoms with Crippen molar-refractivity contribution in [2.24, 2.45) is 0 Å². The van der Waals surface area contributed by atoms with E-state index in [9.17, 15) is 4.79 Å². The summed E-state index contributed by atoms with van der Waals surface area (Å²) >= 11 is 0. The maximum Gasteiger partial charge on any atom is 0.407 e. The van der Waals surface area contributed by atoms with E-state index in [1.165, 1.54) is 19.3 Å². The topological polar surface area (TPSA) is 99.8 Å². The largest absolute Gasteiger partial charge is 0.440 e. The van der Waals surface area contributed by atoms with E-state index in [0.29, 0.717) is 13.2 Å². The first kappa shape index (κ1) is 27.6. The molecule has 1 amide bonds. The molecule has 0 unspecified atom stereocenters. The number of unbranched alkanes of at least 4 members (excludes halogenated alkanes) is 4. The summed E-state index contributed by atoms with van der Waals surface area (Å²) < 4.78 is 36.0. The fourth-order valence-electron chi connectivity index (χ4n) is 4.77. The summed E-state index contributed by atoms with van der Waals surface area (Å²) in [5.74, 6) is -1.98. The van der Waals surface area contributed by atoms with Crippen LogP contribution in [0.5, 0.6) is 0 Å². The van der Waals surface area contributed by atoms with E-state index < -0.39 is 36.0 Å². The third kappa shape index (κ3) is 7.74. The highest BCUT2D eigenvalue weighted by molar-refractivity contribution is 5.67. The van der Waals surface area contributed by atoms with Gasteiger partial charge in [-0.05, 0) is 20.3 Å². The highest BCUT2D eigenvalue weighted by Gasteiger charge is 2.66. The lowest BCUT2D eigenvalue weighted by Crippen LogP contribution is -2.47. The van der Waals surface area contributed by atoms with Gasteiger partial charge >= 0.3 is 6.09 Å². The van der Waals surface area contributed by atoms with Crippen LogP contribution in [-0.4, -0.2) is 107 Å². The Morgan fingerprint density at radius 2 is 1.88 bits per heavy atom. The second kappa shape index (κ2) is 13.3. The van der Waals surface area contributed by atoms with Gasteiger partial charge in [0.25, 0.3) is 0 Å². The fourth-order valence-corrected chi connectivity index (χ4v) is 4.77. The summed E-state index contributed by atoms with van der Waals surface area (Å²) in [6.07, 6.45) is 3.69. The maximum atomic E-state index is 12.1. The van der Waals surface area contributed by atoms with Gasteiger partial charge in [-0.25, -0.2) is 4.79 Å². The summed E-state index contributed by atoms with van der Waals surface area (Å²) in [6.45, 7) is 12.4. The Morgan fingerprint density at radius 3 is 2.62 bits per heavy atom. The van der Waals surface area contributed by atoms with Crippen molar-refractivity contribution in [3.05, 3.63) is 0 Å². The van der Waals surface area contributed by atoms with Crippen LogP contribution in [0.25, 0.3) is 0 Å². The first-order valence-electron chi connectivity index (χ1n) is 12.9. The number of nitrogens with zero attached hydrogens (tertiary/aromatic N) is 1. The van der Waals surface area contributed by atoms with Gasteiger partial charge in [-0.1, -0.05) is 32.6 Å². The highest BCUT2D eigenvalue weighted by atomic mass is 16.9. The van der Waals surface area contributed by atoms with E-state index in [2.05, 4.69) is 22.5 Å². The van der Waals surface area contributed by atoms with Crippen LogP contribution in [0.1, 0.15) is 52.9 Å². The SMILES string of the molecule is CCCCCCCOC[C@@]12O[C@@H](CNCCN3CCOCC3)[C@@H](OC(=O)NC)[C@@H]1OC(C)(C)O2. The second-order valence-corrected chi connectivity index (χ2v) is 9.75. The van der Waals surface area contributed by atoms with Crippen LogP contribution >= 0.6 is 0 Å². The molecule has 0 spiro atoms. The molecule has 34 heavy (non-hydrogen) atoms. The summed E-state index contributed by atoms with van der Waals surface area (Å²) in [6, 6.07) is 0. The van der Waals surface area contributed by atoms with Crippen LogP contribution in [-0.2, 0) is 28.4 Å². The number of hydrogen-bond acceptors (Lipinski definition) is 9. The molecule has 10 heteroatoms. The van der Waals surface area contributed by atoms with E-state index >= 15 is 0 Å². The Balaban J connectivity index is 1.57. The molecule has 3 aliphatic rings. The van der Waals surface area contributed by atoms with Gasteiger partial charge in [-0.2, -0.15) is 0 Å². The van der Waals surface area contributed by atoms with Gasteiger partial charge in [0, 0.05) is 46.4 Å². The molecular formula is C24H45N3O7. The lowest BCUT2D eigenvalue weighted by atomic mass is 10.1. The van der Waals surface area contributed by atoms with Crippen LogP contribution in [0.3, 0.4) is 0 Å². The number of alkyl carbamates (subject to hydrolysis) is 1. The zero-order valence-electron chi connectivity index (χ0n) is 21.4. The van der Waals surface area contributed by atoms with Gasteiger partial charge in [-0.15, -0.1) is 0 Å². The number of amides is 1. The number of carbonyl (C=O) groups is 1. The molecule has 0 aromatic rings. The van der Waals surface area contributed by atoms with Gasteiger partial charge < -0.3 is 39.1 Å². The Kier molecular flexibility index (Phi) is 10.8. The minimum absolute atomic E-state index is 0.229. The van der Waals surface area contributed by atoms with E-state index in [-0.39, 0.29) is 6.61 Å². The van der Waals surface area contributed by atoms with Crippen molar-refractivity contribution in [3.63, 3.8) is 0 Å². The van der Waals surface area contributed by atoms with Gasteiger partial charge in [0.2, 0.25) is 5.79 Å². The van der Waals surface area contributed by atoms with Crippen LogP contribution < -0.4 is 10.6 Å². The molecule has 198 valence electrons. The lowest BCUT2D eigenvalue weighted by Gasteiger charge is -2.29.